The number of rotatable bonds is 5. The summed E-state index contributed by atoms with van der Waals surface area (Å²) in [4.78, 5) is 28.0. The van der Waals surface area contributed by atoms with E-state index in [1.807, 2.05) is 0 Å². The predicted molar refractivity (Wildman–Crippen MR) is 85.4 cm³/mol. The molecule has 2 fully saturated rings. The minimum Gasteiger partial charge on any atom is -0.465 e. The third-order valence-electron chi connectivity index (χ3n) is 4.66. The molecular formula is C16H20N4O3. The Bertz CT molecular complexity index is 617. The lowest BCUT2D eigenvalue weighted by Crippen LogP contribution is -2.30. The number of fused-ring (bicyclic) bond motifs is 1. The molecular weight excluding hydrogens is 296 g/mol. The van der Waals surface area contributed by atoms with Crippen LogP contribution in [0.4, 0.5) is 10.6 Å². The lowest BCUT2D eigenvalue weighted by Gasteiger charge is -2.15. The zero-order chi connectivity index (χ0) is 16.4. The lowest BCUT2D eigenvalue weighted by molar-refractivity contribution is -0.116. The van der Waals surface area contributed by atoms with Gasteiger partial charge in [-0.15, -0.1) is 0 Å². The molecule has 1 aromatic heterocycles. The number of hydrogen-bond acceptors (Lipinski definition) is 4. The fourth-order valence-corrected chi connectivity index (χ4v) is 3.34. The number of carbonyl (C=O) groups excluding carboxylic acids is 1. The summed E-state index contributed by atoms with van der Waals surface area (Å²) in [6.07, 6.45) is 4.86. The van der Waals surface area contributed by atoms with Crippen LogP contribution < -0.4 is 11.1 Å². The van der Waals surface area contributed by atoms with E-state index in [2.05, 4.69) is 10.3 Å². The first kappa shape index (κ1) is 15.3. The zero-order valence-electron chi connectivity index (χ0n) is 12.7. The molecule has 3 rings (SSSR count). The summed E-state index contributed by atoms with van der Waals surface area (Å²) in [5.41, 5.74) is 6.32. The summed E-state index contributed by atoms with van der Waals surface area (Å²) in [5, 5.41) is 11.8. The van der Waals surface area contributed by atoms with Gasteiger partial charge in [0.15, 0.2) is 0 Å². The van der Waals surface area contributed by atoms with Gasteiger partial charge in [-0.25, -0.2) is 9.78 Å². The third kappa shape index (κ3) is 3.61. The summed E-state index contributed by atoms with van der Waals surface area (Å²) in [7, 11) is 0. The SMILES string of the molecule is Nc1ccc(/C=C/C(=O)NCCC2C3CN(C(=O)O)CC23)cn1. The standard InChI is InChI=1S/C16H20N4O3/c17-14-3-1-10(7-19-14)2-4-15(21)18-6-5-11-12-8-20(16(22)23)9-13(11)12/h1-4,7,11-13H,5-6,8-9H2,(H2,17,19)(H,18,21)(H,22,23)/b4-2+. The van der Waals surface area contributed by atoms with Gasteiger partial charge in [-0.3, -0.25) is 4.79 Å². The lowest BCUT2D eigenvalue weighted by atomic mass is 10.2. The van der Waals surface area contributed by atoms with Crippen molar-refractivity contribution in [1.82, 2.24) is 15.2 Å². The number of pyridine rings is 1. The Balaban J connectivity index is 1.35. The molecule has 4 N–H and O–H groups in total. The van der Waals surface area contributed by atoms with Crippen molar-refractivity contribution in [2.24, 2.45) is 17.8 Å². The smallest absolute Gasteiger partial charge is 0.407 e. The van der Waals surface area contributed by atoms with Crippen LogP contribution in [0.1, 0.15) is 12.0 Å². The van der Waals surface area contributed by atoms with E-state index in [4.69, 9.17) is 10.8 Å². The van der Waals surface area contributed by atoms with Crippen LogP contribution in [0.2, 0.25) is 0 Å². The molecule has 2 atom stereocenters. The molecule has 0 radical (unpaired) electrons. The Morgan fingerprint density at radius 1 is 1.39 bits per heavy atom. The number of anilines is 1. The largest absolute Gasteiger partial charge is 0.465 e. The van der Waals surface area contributed by atoms with E-state index in [9.17, 15) is 9.59 Å². The third-order valence-corrected chi connectivity index (χ3v) is 4.66. The first-order valence-electron chi connectivity index (χ1n) is 7.70. The molecule has 1 saturated carbocycles. The first-order chi connectivity index (χ1) is 11.0. The van der Waals surface area contributed by atoms with Gasteiger partial charge in [0.05, 0.1) is 0 Å². The van der Waals surface area contributed by atoms with Crippen molar-refractivity contribution in [3.05, 3.63) is 30.0 Å². The van der Waals surface area contributed by atoms with Crippen molar-refractivity contribution >= 4 is 23.9 Å². The van der Waals surface area contributed by atoms with Crippen LogP contribution in [0.3, 0.4) is 0 Å². The molecule has 1 saturated heterocycles. The molecule has 0 aromatic carbocycles. The number of aromatic nitrogens is 1. The van der Waals surface area contributed by atoms with Crippen molar-refractivity contribution in [3.8, 4) is 0 Å². The molecule has 122 valence electrons. The molecule has 0 bridgehead atoms. The van der Waals surface area contributed by atoms with Gasteiger partial charge in [0.25, 0.3) is 0 Å². The fourth-order valence-electron chi connectivity index (χ4n) is 3.34. The Hall–Kier alpha value is -2.57. The van der Waals surface area contributed by atoms with Gasteiger partial charge in [-0.2, -0.15) is 0 Å². The van der Waals surface area contributed by atoms with E-state index in [-0.39, 0.29) is 5.91 Å². The van der Waals surface area contributed by atoms with Crippen LogP contribution in [-0.4, -0.2) is 46.6 Å². The van der Waals surface area contributed by atoms with E-state index in [1.165, 1.54) is 11.0 Å². The van der Waals surface area contributed by atoms with Crippen molar-refractivity contribution < 1.29 is 14.7 Å². The normalized spacial score (nSPS) is 25.4. The quantitative estimate of drug-likeness (QED) is 0.703. The average molecular weight is 316 g/mol. The second-order valence-electron chi connectivity index (χ2n) is 6.11. The number of carbonyl (C=O) groups is 2. The maximum atomic E-state index is 11.7. The number of likely N-dealkylation sites (tertiary alicyclic amines) is 1. The summed E-state index contributed by atoms with van der Waals surface area (Å²) < 4.78 is 0. The fraction of sp³-hybridized carbons (Fsp3) is 0.438. The van der Waals surface area contributed by atoms with Gasteiger partial charge in [-0.05, 0) is 47.9 Å². The molecule has 0 spiro atoms. The highest BCUT2D eigenvalue weighted by Gasteiger charge is 2.55. The average Bonchev–Trinajstić information content (AvgIpc) is 2.97. The van der Waals surface area contributed by atoms with E-state index in [0.717, 1.165) is 12.0 Å². The van der Waals surface area contributed by atoms with Crippen LogP contribution in [0.25, 0.3) is 6.08 Å². The predicted octanol–water partition coefficient (Wildman–Crippen LogP) is 1.04. The minimum absolute atomic E-state index is 0.139. The molecule has 7 nitrogen and oxygen atoms in total. The molecule has 2 aliphatic rings. The zero-order valence-corrected chi connectivity index (χ0v) is 12.7. The number of nitrogens with one attached hydrogen (secondary N) is 1. The summed E-state index contributed by atoms with van der Waals surface area (Å²) in [6.45, 7) is 1.90. The number of nitrogen functional groups attached to an aromatic ring is 1. The van der Waals surface area contributed by atoms with E-state index >= 15 is 0 Å². The van der Waals surface area contributed by atoms with Crippen molar-refractivity contribution in [2.45, 2.75) is 6.42 Å². The molecule has 23 heavy (non-hydrogen) atoms. The molecule has 1 aliphatic carbocycles. The number of piperidine rings is 1. The first-order valence-corrected chi connectivity index (χ1v) is 7.70. The Kier molecular flexibility index (Phi) is 4.18. The van der Waals surface area contributed by atoms with Gasteiger partial charge < -0.3 is 21.1 Å². The number of amides is 2. The monoisotopic (exact) mass is 316 g/mol. The van der Waals surface area contributed by atoms with Crippen LogP contribution in [0.5, 0.6) is 0 Å². The number of carboxylic acid groups (broad SMARTS) is 1. The van der Waals surface area contributed by atoms with Crippen molar-refractivity contribution in [2.75, 3.05) is 25.4 Å². The highest BCUT2D eigenvalue weighted by Crippen LogP contribution is 2.53. The number of nitrogens with zero attached hydrogens (tertiary/aromatic N) is 2. The van der Waals surface area contributed by atoms with Gasteiger partial charge in [-0.1, -0.05) is 0 Å². The van der Waals surface area contributed by atoms with Gasteiger partial charge in [0.1, 0.15) is 5.82 Å². The Labute approximate surface area is 134 Å². The summed E-state index contributed by atoms with van der Waals surface area (Å²) >= 11 is 0. The molecule has 2 unspecified atom stereocenters. The second-order valence-corrected chi connectivity index (χ2v) is 6.11. The molecule has 1 aromatic rings. The molecule has 2 amide bonds. The van der Waals surface area contributed by atoms with Gasteiger partial charge >= 0.3 is 6.09 Å². The van der Waals surface area contributed by atoms with Crippen LogP contribution in [0.15, 0.2) is 24.4 Å². The van der Waals surface area contributed by atoms with E-state index in [1.54, 1.807) is 24.4 Å². The Morgan fingerprint density at radius 2 is 2.13 bits per heavy atom. The second kappa shape index (κ2) is 6.28. The number of nitrogens with two attached hydrogens (primary N) is 1. The summed E-state index contributed by atoms with van der Waals surface area (Å²) in [5.74, 6) is 1.83. The van der Waals surface area contributed by atoms with E-state index < -0.39 is 6.09 Å². The minimum atomic E-state index is -0.827. The topological polar surface area (TPSA) is 109 Å². The van der Waals surface area contributed by atoms with Crippen LogP contribution in [0, 0.1) is 17.8 Å². The Morgan fingerprint density at radius 3 is 2.74 bits per heavy atom. The van der Waals surface area contributed by atoms with E-state index in [0.29, 0.717) is 43.2 Å². The molecule has 7 heteroatoms. The summed E-state index contributed by atoms with van der Waals surface area (Å²) in [6, 6.07) is 3.48. The maximum absolute atomic E-state index is 11.7. The van der Waals surface area contributed by atoms with Crippen LogP contribution in [-0.2, 0) is 4.79 Å². The van der Waals surface area contributed by atoms with Crippen molar-refractivity contribution in [1.29, 1.82) is 0 Å². The highest BCUT2D eigenvalue weighted by atomic mass is 16.4. The molecule has 1 aliphatic heterocycles. The van der Waals surface area contributed by atoms with Gasteiger partial charge in [0, 0.05) is 31.9 Å². The highest BCUT2D eigenvalue weighted by molar-refractivity contribution is 5.91. The van der Waals surface area contributed by atoms with Gasteiger partial charge in [0.2, 0.25) is 5.91 Å². The molecule has 2 heterocycles. The maximum Gasteiger partial charge on any atom is 0.407 e. The van der Waals surface area contributed by atoms with Crippen LogP contribution >= 0.6 is 0 Å². The van der Waals surface area contributed by atoms with Crippen molar-refractivity contribution in [3.63, 3.8) is 0 Å². The number of hydrogen-bond donors (Lipinski definition) is 3.